The molecule has 2 aromatic carbocycles. The van der Waals surface area contributed by atoms with Crippen molar-refractivity contribution in [2.75, 3.05) is 13.2 Å². The van der Waals surface area contributed by atoms with Crippen molar-refractivity contribution in [2.45, 2.75) is 11.8 Å². The lowest BCUT2D eigenvalue weighted by Crippen LogP contribution is -2.32. The summed E-state index contributed by atoms with van der Waals surface area (Å²) in [6.07, 6.45) is 0. The number of hydrogen-bond acceptors (Lipinski definition) is 5. The lowest BCUT2D eigenvalue weighted by atomic mass is 10.1. The molecule has 0 unspecified atom stereocenters. The second kappa shape index (κ2) is 6.45. The van der Waals surface area contributed by atoms with Gasteiger partial charge in [0.2, 0.25) is 0 Å². The van der Waals surface area contributed by atoms with Crippen LogP contribution in [0.4, 0.5) is 0 Å². The summed E-state index contributed by atoms with van der Waals surface area (Å²) in [4.78, 5) is 12.5. The zero-order valence-corrected chi connectivity index (χ0v) is 15.1. The van der Waals surface area contributed by atoms with Crippen LogP contribution in [-0.2, 0) is 10.0 Å². The van der Waals surface area contributed by atoms with Crippen LogP contribution in [0.5, 0.6) is 11.5 Å². The van der Waals surface area contributed by atoms with E-state index >= 15 is 0 Å². The highest BCUT2D eigenvalue weighted by atomic mass is 79.9. The van der Waals surface area contributed by atoms with Gasteiger partial charge in [-0.15, -0.1) is 0 Å². The molecule has 0 aromatic heterocycles. The van der Waals surface area contributed by atoms with Gasteiger partial charge in [-0.1, -0.05) is 28.1 Å². The fourth-order valence-corrected chi connectivity index (χ4v) is 4.10. The van der Waals surface area contributed by atoms with Gasteiger partial charge in [0.05, 0.1) is 10.5 Å². The zero-order chi connectivity index (χ0) is 17.3. The van der Waals surface area contributed by atoms with Gasteiger partial charge in [-0.3, -0.25) is 4.79 Å². The van der Waals surface area contributed by atoms with Crippen LogP contribution in [0.25, 0.3) is 0 Å². The van der Waals surface area contributed by atoms with Crippen molar-refractivity contribution >= 4 is 31.9 Å². The van der Waals surface area contributed by atoms with Gasteiger partial charge < -0.3 is 9.47 Å². The van der Waals surface area contributed by atoms with Crippen LogP contribution in [0.15, 0.2) is 45.8 Å². The number of benzene rings is 2. The Morgan fingerprint density at radius 2 is 1.92 bits per heavy atom. The van der Waals surface area contributed by atoms with Crippen molar-refractivity contribution in [3.05, 3.63) is 52.0 Å². The quantitative estimate of drug-likeness (QED) is 0.839. The van der Waals surface area contributed by atoms with Crippen LogP contribution in [0.2, 0.25) is 0 Å². The minimum atomic E-state index is -4.01. The molecular weight excluding hydrogens is 398 g/mol. The molecule has 0 spiro atoms. The largest absolute Gasteiger partial charge is 0.486 e. The number of carbonyl (C=O) groups is 1. The van der Waals surface area contributed by atoms with Crippen LogP contribution in [0.3, 0.4) is 0 Å². The Morgan fingerprint density at radius 1 is 1.17 bits per heavy atom. The molecule has 0 aliphatic carbocycles. The van der Waals surface area contributed by atoms with E-state index in [0.29, 0.717) is 29.0 Å². The third kappa shape index (κ3) is 3.25. The van der Waals surface area contributed by atoms with Crippen LogP contribution < -0.4 is 14.2 Å². The molecule has 1 aliphatic rings. The maximum atomic E-state index is 12.5. The van der Waals surface area contributed by atoms with Gasteiger partial charge in [0.15, 0.2) is 11.5 Å². The van der Waals surface area contributed by atoms with E-state index in [4.69, 9.17) is 9.47 Å². The minimum Gasteiger partial charge on any atom is -0.486 e. The molecule has 0 saturated heterocycles. The minimum absolute atomic E-state index is 0.0344. The van der Waals surface area contributed by atoms with Crippen molar-refractivity contribution in [1.29, 1.82) is 0 Å². The third-order valence-corrected chi connectivity index (χ3v) is 5.44. The first-order valence-electron chi connectivity index (χ1n) is 7.10. The first-order chi connectivity index (χ1) is 11.4. The normalized spacial score (nSPS) is 13.4. The van der Waals surface area contributed by atoms with Gasteiger partial charge >= 0.3 is 0 Å². The van der Waals surface area contributed by atoms with Crippen LogP contribution in [-0.4, -0.2) is 27.5 Å². The first-order valence-corrected chi connectivity index (χ1v) is 9.38. The van der Waals surface area contributed by atoms with Gasteiger partial charge in [0.25, 0.3) is 15.9 Å². The highest BCUT2D eigenvalue weighted by Crippen LogP contribution is 2.33. The Morgan fingerprint density at radius 3 is 2.71 bits per heavy atom. The van der Waals surface area contributed by atoms with E-state index in [9.17, 15) is 13.2 Å². The predicted molar refractivity (Wildman–Crippen MR) is 91.0 cm³/mol. The second-order valence-corrected chi connectivity index (χ2v) is 7.74. The Hall–Kier alpha value is -2.06. The molecule has 0 radical (unpaired) electrons. The number of sulfonamides is 1. The number of carbonyl (C=O) groups excluding carboxylic acids is 1. The van der Waals surface area contributed by atoms with Crippen molar-refractivity contribution < 1.29 is 22.7 Å². The maximum absolute atomic E-state index is 12.5. The topological polar surface area (TPSA) is 81.7 Å². The van der Waals surface area contributed by atoms with E-state index in [-0.39, 0.29) is 16.2 Å². The highest BCUT2D eigenvalue weighted by Gasteiger charge is 2.25. The smallest absolute Gasteiger partial charge is 0.268 e. The van der Waals surface area contributed by atoms with Gasteiger partial charge in [0, 0.05) is 4.47 Å². The monoisotopic (exact) mass is 411 g/mol. The molecule has 24 heavy (non-hydrogen) atoms. The fourth-order valence-electron chi connectivity index (χ4n) is 2.35. The first kappa shape index (κ1) is 16.8. The number of halogens is 1. The number of fused-ring (bicyclic) bond motifs is 1. The number of amides is 1. The number of aryl methyl sites for hydroxylation is 1. The van der Waals surface area contributed by atoms with Crippen molar-refractivity contribution in [3.63, 3.8) is 0 Å². The number of rotatable bonds is 3. The zero-order valence-electron chi connectivity index (χ0n) is 12.7. The molecule has 3 rings (SSSR count). The van der Waals surface area contributed by atoms with Crippen LogP contribution in [0.1, 0.15) is 15.9 Å². The number of ether oxygens (including phenoxy) is 2. The highest BCUT2D eigenvalue weighted by molar-refractivity contribution is 9.10. The number of para-hydroxylation sites is 1. The summed E-state index contributed by atoms with van der Waals surface area (Å²) < 4.78 is 38.6. The van der Waals surface area contributed by atoms with E-state index in [1.54, 1.807) is 31.2 Å². The Labute approximate surface area is 148 Å². The summed E-state index contributed by atoms with van der Waals surface area (Å²) in [5, 5.41) is 0. The molecule has 1 amide bonds. The summed E-state index contributed by atoms with van der Waals surface area (Å²) in [7, 11) is -4.01. The van der Waals surface area contributed by atoms with Crippen LogP contribution >= 0.6 is 15.9 Å². The molecule has 126 valence electrons. The van der Waals surface area contributed by atoms with Crippen molar-refractivity contribution in [1.82, 2.24) is 4.72 Å². The lowest BCUT2D eigenvalue weighted by Gasteiger charge is -2.20. The molecule has 1 N–H and O–H groups in total. The Bertz CT molecular complexity index is 911. The van der Waals surface area contributed by atoms with Gasteiger partial charge in [-0.2, -0.15) is 0 Å². The molecule has 1 heterocycles. The van der Waals surface area contributed by atoms with E-state index in [1.165, 1.54) is 12.1 Å². The molecule has 2 aromatic rings. The number of hydrogen-bond donors (Lipinski definition) is 1. The SMILES string of the molecule is Cc1ccc(Br)cc1S(=O)(=O)NC(=O)c1cccc2c1OCCO2. The summed E-state index contributed by atoms with van der Waals surface area (Å²) in [5.41, 5.74) is 0.650. The Balaban J connectivity index is 1.94. The van der Waals surface area contributed by atoms with E-state index in [2.05, 4.69) is 20.7 Å². The van der Waals surface area contributed by atoms with Gasteiger partial charge in [-0.05, 0) is 36.8 Å². The van der Waals surface area contributed by atoms with Crippen LogP contribution in [0, 0.1) is 6.92 Å². The van der Waals surface area contributed by atoms with E-state index in [1.807, 2.05) is 0 Å². The molecule has 6 nitrogen and oxygen atoms in total. The molecular formula is C16H14BrNO5S. The molecule has 1 aliphatic heterocycles. The molecule has 0 saturated carbocycles. The summed E-state index contributed by atoms with van der Waals surface area (Å²) in [6, 6.07) is 9.61. The predicted octanol–water partition coefficient (Wildman–Crippen LogP) is 2.65. The van der Waals surface area contributed by atoms with E-state index < -0.39 is 15.9 Å². The standard InChI is InChI=1S/C16H14BrNO5S/c1-10-5-6-11(17)9-14(10)24(20,21)18-16(19)12-3-2-4-13-15(12)23-8-7-22-13/h2-6,9H,7-8H2,1H3,(H,18,19). The Kier molecular flexibility index (Phi) is 4.51. The summed E-state index contributed by atoms with van der Waals surface area (Å²) in [6.45, 7) is 2.34. The maximum Gasteiger partial charge on any atom is 0.268 e. The van der Waals surface area contributed by atoms with Crippen molar-refractivity contribution in [3.8, 4) is 11.5 Å². The fraction of sp³-hybridized carbons (Fsp3) is 0.188. The third-order valence-electron chi connectivity index (χ3n) is 3.48. The van der Waals surface area contributed by atoms with Gasteiger partial charge in [-0.25, -0.2) is 13.1 Å². The average molecular weight is 412 g/mol. The molecule has 0 bridgehead atoms. The van der Waals surface area contributed by atoms with Crippen molar-refractivity contribution in [2.24, 2.45) is 0 Å². The second-order valence-electron chi connectivity index (χ2n) is 5.17. The van der Waals surface area contributed by atoms with E-state index in [0.717, 1.165) is 0 Å². The van der Waals surface area contributed by atoms with Gasteiger partial charge in [0.1, 0.15) is 13.2 Å². The summed E-state index contributed by atoms with van der Waals surface area (Å²) >= 11 is 3.24. The average Bonchev–Trinajstić information content (AvgIpc) is 2.56. The molecule has 0 fully saturated rings. The molecule has 8 heteroatoms. The summed E-state index contributed by atoms with van der Waals surface area (Å²) in [5.74, 6) is -0.0935. The lowest BCUT2D eigenvalue weighted by molar-refractivity contribution is 0.0970. The molecule has 0 atom stereocenters. The number of nitrogens with one attached hydrogen (secondary N) is 1.